The van der Waals surface area contributed by atoms with E-state index in [9.17, 15) is 0 Å². The van der Waals surface area contributed by atoms with Crippen LogP contribution >= 0.6 is 11.8 Å². The smallest absolute Gasteiger partial charge is 0.230 e. The van der Waals surface area contributed by atoms with E-state index in [-0.39, 0.29) is 0 Å². The molecule has 0 unspecified atom stereocenters. The molecule has 20 heavy (non-hydrogen) atoms. The van der Waals surface area contributed by atoms with E-state index < -0.39 is 0 Å². The molecule has 0 saturated carbocycles. The van der Waals surface area contributed by atoms with Crippen LogP contribution in [0.1, 0.15) is 25.3 Å². The van der Waals surface area contributed by atoms with Gasteiger partial charge in [-0.3, -0.25) is 5.41 Å². The van der Waals surface area contributed by atoms with Crippen LogP contribution in [0, 0.1) is 5.41 Å². The molecule has 0 radical (unpaired) electrons. The van der Waals surface area contributed by atoms with Crippen LogP contribution < -0.4 is 0 Å². The number of allylic oxidation sites excluding steroid dienone is 1. The number of hydrogen-bond acceptors (Lipinski definition) is 4. The number of benzene rings is 1. The lowest BCUT2D eigenvalue weighted by molar-refractivity contribution is 0.358. The summed E-state index contributed by atoms with van der Waals surface area (Å²) in [6.45, 7) is 2.72. The van der Waals surface area contributed by atoms with Gasteiger partial charge in [-0.25, -0.2) is 0 Å². The molecule has 1 aromatic carbocycles. The second-order valence-electron chi connectivity index (χ2n) is 4.82. The molecule has 0 atom stereocenters. The first-order valence-electron chi connectivity index (χ1n) is 6.92. The lowest BCUT2D eigenvalue weighted by Gasteiger charge is -2.22. The molecule has 3 rings (SSSR count). The molecule has 0 fully saturated rings. The molecule has 1 N–H and O–H groups in total. The molecular weight excluding hydrogens is 268 g/mol. The van der Waals surface area contributed by atoms with Gasteiger partial charge in [-0.05, 0) is 18.1 Å². The van der Waals surface area contributed by atoms with Crippen molar-refractivity contribution in [2.45, 2.75) is 19.8 Å². The second kappa shape index (κ2) is 5.75. The Morgan fingerprint density at radius 2 is 2.10 bits per heavy atom. The van der Waals surface area contributed by atoms with Gasteiger partial charge in [0.05, 0.1) is 5.88 Å². The lowest BCUT2D eigenvalue weighted by Crippen LogP contribution is -2.22. The van der Waals surface area contributed by atoms with Gasteiger partial charge < -0.3 is 9.64 Å². The minimum atomic E-state index is 0.300. The minimum absolute atomic E-state index is 0.300. The Morgan fingerprint density at radius 1 is 1.30 bits per heavy atom. The molecule has 0 saturated heterocycles. The SMILES string of the molecule is CCCC1=C(c2ccccc2)SCN1C1=CCOC1=N. The zero-order chi connectivity index (χ0) is 13.9. The number of rotatable bonds is 4. The third-order valence-corrected chi connectivity index (χ3v) is 4.62. The van der Waals surface area contributed by atoms with Crippen LogP contribution in [0.3, 0.4) is 0 Å². The van der Waals surface area contributed by atoms with E-state index >= 15 is 0 Å². The fraction of sp³-hybridized carbons (Fsp3) is 0.312. The highest BCUT2D eigenvalue weighted by Gasteiger charge is 2.30. The summed E-state index contributed by atoms with van der Waals surface area (Å²) in [4.78, 5) is 3.58. The fourth-order valence-corrected chi connectivity index (χ4v) is 3.79. The van der Waals surface area contributed by atoms with Gasteiger partial charge in [0.2, 0.25) is 5.90 Å². The normalized spacial score (nSPS) is 18.6. The molecule has 2 aliphatic rings. The van der Waals surface area contributed by atoms with Crippen LogP contribution in [0.25, 0.3) is 4.91 Å². The summed E-state index contributed by atoms with van der Waals surface area (Å²) in [5.74, 6) is 1.17. The van der Waals surface area contributed by atoms with Crippen molar-refractivity contribution >= 4 is 22.6 Å². The third kappa shape index (κ3) is 2.36. The van der Waals surface area contributed by atoms with E-state index in [0.717, 1.165) is 24.4 Å². The Kier molecular flexibility index (Phi) is 3.83. The van der Waals surface area contributed by atoms with Crippen molar-refractivity contribution < 1.29 is 4.74 Å². The average molecular weight is 286 g/mol. The van der Waals surface area contributed by atoms with Crippen molar-refractivity contribution in [1.82, 2.24) is 4.90 Å². The van der Waals surface area contributed by atoms with Gasteiger partial charge in [0, 0.05) is 10.6 Å². The largest absolute Gasteiger partial charge is 0.472 e. The summed E-state index contributed by atoms with van der Waals surface area (Å²) in [5.41, 5.74) is 3.52. The molecule has 0 aliphatic carbocycles. The van der Waals surface area contributed by atoms with Crippen molar-refractivity contribution in [2.24, 2.45) is 0 Å². The van der Waals surface area contributed by atoms with Crippen LogP contribution in [-0.2, 0) is 4.74 Å². The molecule has 1 aromatic rings. The maximum absolute atomic E-state index is 7.90. The van der Waals surface area contributed by atoms with Crippen molar-refractivity contribution in [1.29, 1.82) is 5.41 Å². The molecule has 0 bridgehead atoms. The predicted molar refractivity (Wildman–Crippen MR) is 84.3 cm³/mol. The highest BCUT2D eigenvalue weighted by atomic mass is 32.2. The molecule has 104 valence electrons. The van der Waals surface area contributed by atoms with Gasteiger partial charge in [0.25, 0.3) is 0 Å². The Hall–Kier alpha value is -1.68. The fourth-order valence-electron chi connectivity index (χ4n) is 2.56. The molecule has 0 amide bonds. The van der Waals surface area contributed by atoms with Crippen molar-refractivity contribution in [3.8, 4) is 0 Å². The van der Waals surface area contributed by atoms with Crippen LogP contribution in [0.5, 0.6) is 0 Å². The first-order valence-corrected chi connectivity index (χ1v) is 7.90. The summed E-state index contributed by atoms with van der Waals surface area (Å²) >= 11 is 1.85. The zero-order valence-corrected chi connectivity index (χ0v) is 12.4. The molecule has 3 nitrogen and oxygen atoms in total. The highest BCUT2D eigenvalue weighted by molar-refractivity contribution is 8.08. The summed E-state index contributed by atoms with van der Waals surface area (Å²) < 4.78 is 5.26. The summed E-state index contributed by atoms with van der Waals surface area (Å²) in [6.07, 6.45) is 4.14. The molecule has 0 aromatic heterocycles. The van der Waals surface area contributed by atoms with E-state index in [1.165, 1.54) is 16.2 Å². The average Bonchev–Trinajstić information content (AvgIpc) is 3.06. The number of nitrogens with one attached hydrogen (secondary N) is 1. The second-order valence-corrected chi connectivity index (χ2v) is 5.78. The van der Waals surface area contributed by atoms with E-state index in [4.69, 9.17) is 10.1 Å². The summed E-state index contributed by atoms with van der Waals surface area (Å²) in [6, 6.07) is 10.5. The minimum Gasteiger partial charge on any atom is -0.472 e. The van der Waals surface area contributed by atoms with Gasteiger partial charge in [0.15, 0.2) is 0 Å². The Morgan fingerprint density at radius 3 is 2.75 bits per heavy atom. The lowest BCUT2D eigenvalue weighted by atomic mass is 10.1. The van der Waals surface area contributed by atoms with E-state index in [1.54, 1.807) is 0 Å². The first-order chi connectivity index (χ1) is 9.81. The number of thioether (sulfide) groups is 1. The predicted octanol–water partition coefficient (Wildman–Crippen LogP) is 4.05. The van der Waals surface area contributed by atoms with E-state index in [2.05, 4.69) is 36.1 Å². The maximum Gasteiger partial charge on any atom is 0.230 e. The highest BCUT2D eigenvalue weighted by Crippen LogP contribution is 2.43. The van der Waals surface area contributed by atoms with Crippen LogP contribution in [0.2, 0.25) is 0 Å². The zero-order valence-electron chi connectivity index (χ0n) is 11.6. The van der Waals surface area contributed by atoms with Crippen molar-refractivity contribution in [2.75, 3.05) is 12.5 Å². The third-order valence-electron chi connectivity index (χ3n) is 3.48. The van der Waals surface area contributed by atoms with Crippen LogP contribution in [-0.4, -0.2) is 23.3 Å². The molecule has 2 heterocycles. The summed E-state index contributed by atoms with van der Waals surface area (Å²) in [5, 5.41) is 7.90. The van der Waals surface area contributed by atoms with Crippen LogP contribution in [0.4, 0.5) is 0 Å². The Balaban J connectivity index is 1.98. The topological polar surface area (TPSA) is 36.3 Å². The molecule has 2 aliphatic heterocycles. The van der Waals surface area contributed by atoms with Gasteiger partial charge in [-0.2, -0.15) is 0 Å². The number of hydrogen-bond donors (Lipinski definition) is 1. The van der Waals surface area contributed by atoms with Gasteiger partial charge >= 0.3 is 0 Å². The van der Waals surface area contributed by atoms with Gasteiger partial charge in [-0.1, -0.05) is 43.7 Å². The molecule has 4 heteroatoms. The van der Waals surface area contributed by atoms with Crippen molar-refractivity contribution in [3.63, 3.8) is 0 Å². The standard InChI is InChI=1S/C16H18N2OS/c1-2-6-13-15(12-7-4-3-5-8-12)20-11-18(13)14-9-10-19-16(14)17/h3-5,7-9,17H,2,6,10-11H2,1H3. The van der Waals surface area contributed by atoms with E-state index in [1.807, 2.05) is 23.9 Å². The van der Waals surface area contributed by atoms with Crippen LogP contribution in [0.15, 0.2) is 47.8 Å². The Labute approximate surface area is 123 Å². The van der Waals surface area contributed by atoms with Gasteiger partial charge in [0.1, 0.15) is 12.3 Å². The number of nitrogens with zero attached hydrogens (tertiary/aromatic N) is 1. The monoisotopic (exact) mass is 286 g/mol. The number of ether oxygens (including phenoxy) is 1. The quantitative estimate of drug-likeness (QED) is 0.907. The Bertz CT molecular complexity index is 577. The van der Waals surface area contributed by atoms with E-state index in [0.29, 0.717) is 12.5 Å². The van der Waals surface area contributed by atoms with Gasteiger partial charge in [-0.15, -0.1) is 11.8 Å². The molecule has 0 spiro atoms. The van der Waals surface area contributed by atoms with Crippen molar-refractivity contribution in [3.05, 3.63) is 53.4 Å². The summed E-state index contributed by atoms with van der Waals surface area (Å²) in [7, 11) is 0. The first kappa shape index (κ1) is 13.3. The molecular formula is C16H18N2OS. The maximum atomic E-state index is 7.90.